The molecule has 0 heterocycles. The Morgan fingerprint density at radius 1 is 1.20 bits per heavy atom. The Labute approximate surface area is 121 Å². The monoisotopic (exact) mass is 301 g/mol. The summed E-state index contributed by atoms with van der Waals surface area (Å²) in [5.74, 6) is 0.766. The largest absolute Gasteiger partial charge is 0.489 e. The van der Waals surface area contributed by atoms with Crippen LogP contribution in [0.3, 0.4) is 0 Å². The Hall–Kier alpha value is -1.11. The molecule has 1 rings (SSSR count). The summed E-state index contributed by atoms with van der Waals surface area (Å²) in [6, 6.07) is 3.38. The fourth-order valence-electron chi connectivity index (χ4n) is 1.83. The Kier molecular flexibility index (Phi) is 5.98. The Balaban J connectivity index is 2.79. The lowest BCUT2D eigenvalue weighted by molar-refractivity contribution is 0.0809. The van der Waals surface area contributed by atoms with E-state index < -0.39 is 10.0 Å². The van der Waals surface area contributed by atoms with Crippen LogP contribution < -0.4 is 9.88 Å². The van der Waals surface area contributed by atoms with Crippen LogP contribution in [0.5, 0.6) is 5.75 Å². The van der Waals surface area contributed by atoms with Gasteiger partial charge in [-0.3, -0.25) is 0 Å². The summed E-state index contributed by atoms with van der Waals surface area (Å²) in [5.41, 5.74) is 1.58. The lowest BCUT2D eigenvalue weighted by Crippen LogP contribution is -2.17. The van der Waals surface area contributed by atoms with Gasteiger partial charge in [-0.1, -0.05) is 19.9 Å². The second-order valence-electron chi connectivity index (χ2n) is 5.27. The highest BCUT2D eigenvalue weighted by Crippen LogP contribution is 2.28. The summed E-state index contributed by atoms with van der Waals surface area (Å²) in [6.07, 6.45) is 0. The smallest absolute Gasteiger partial charge is 0.241 e. The summed E-state index contributed by atoms with van der Waals surface area (Å²) in [5, 5.41) is 5.23. The molecular weight excluding hydrogens is 278 g/mol. The van der Waals surface area contributed by atoms with Crippen molar-refractivity contribution in [3.05, 3.63) is 23.3 Å². The van der Waals surface area contributed by atoms with Gasteiger partial charge in [0.05, 0.1) is 6.61 Å². The van der Waals surface area contributed by atoms with Gasteiger partial charge in [0.2, 0.25) is 10.0 Å². The Morgan fingerprint density at radius 3 is 2.40 bits per heavy atom. The van der Waals surface area contributed by atoms with Crippen molar-refractivity contribution in [1.29, 1.82) is 0 Å². The summed E-state index contributed by atoms with van der Waals surface area (Å²) in [6.45, 7) is 9.09. The van der Waals surface area contributed by atoms with Crippen molar-refractivity contribution in [3.63, 3.8) is 0 Å². The number of nitrogens with two attached hydrogens (primary N) is 1. The minimum Gasteiger partial charge on any atom is -0.489 e. The van der Waals surface area contributed by atoms with Crippen LogP contribution in [-0.4, -0.2) is 28.2 Å². The lowest BCUT2D eigenvalue weighted by Gasteiger charge is -2.14. The second kappa shape index (κ2) is 7.06. The van der Waals surface area contributed by atoms with Gasteiger partial charge in [-0.05, 0) is 37.0 Å². The van der Waals surface area contributed by atoms with Crippen LogP contribution in [0.4, 0.5) is 0 Å². The molecule has 1 aromatic carbocycles. The van der Waals surface area contributed by atoms with Crippen molar-refractivity contribution in [2.24, 2.45) is 11.1 Å². The number of rotatable bonds is 7. The third kappa shape index (κ3) is 5.11. The quantitative estimate of drug-likeness (QED) is 0.781. The van der Waals surface area contributed by atoms with E-state index in [-0.39, 0.29) is 4.90 Å². The average molecular weight is 301 g/mol. The van der Waals surface area contributed by atoms with E-state index in [4.69, 9.17) is 14.6 Å². The zero-order chi connectivity index (χ0) is 15.3. The number of ether oxygens (including phenoxy) is 2. The van der Waals surface area contributed by atoms with Gasteiger partial charge in [0, 0.05) is 6.61 Å². The van der Waals surface area contributed by atoms with Crippen LogP contribution in [0.25, 0.3) is 0 Å². The molecule has 0 aliphatic rings. The SMILES string of the molecule is Cc1cc(C)c(OCCOCC(C)C)c(S(N)(=O)=O)c1. The van der Waals surface area contributed by atoms with Crippen molar-refractivity contribution in [1.82, 2.24) is 0 Å². The van der Waals surface area contributed by atoms with E-state index >= 15 is 0 Å². The maximum Gasteiger partial charge on any atom is 0.241 e. The summed E-state index contributed by atoms with van der Waals surface area (Å²) >= 11 is 0. The third-order valence-corrected chi connectivity index (χ3v) is 3.53. The van der Waals surface area contributed by atoms with Crippen LogP contribution in [0.1, 0.15) is 25.0 Å². The lowest BCUT2D eigenvalue weighted by atomic mass is 10.1. The first-order valence-electron chi connectivity index (χ1n) is 6.56. The van der Waals surface area contributed by atoms with Gasteiger partial charge < -0.3 is 9.47 Å². The highest BCUT2D eigenvalue weighted by molar-refractivity contribution is 7.89. The summed E-state index contributed by atoms with van der Waals surface area (Å²) < 4.78 is 34.2. The molecule has 0 saturated heterocycles. The number of primary sulfonamides is 1. The average Bonchev–Trinajstić information content (AvgIpc) is 2.28. The first kappa shape index (κ1) is 16.9. The van der Waals surface area contributed by atoms with Crippen LogP contribution in [0, 0.1) is 19.8 Å². The van der Waals surface area contributed by atoms with Crippen molar-refractivity contribution in [3.8, 4) is 5.75 Å². The van der Waals surface area contributed by atoms with Crippen molar-refractivity contribution in [2.45, 2.75) is 32.6 Å². The predicted octanol–water partition coefficient (Wildman–Crippen LogP) is 2.00. The van der Waals surface area contributed by atoms with Crippen molar-refractivity contribution < 1.29 is 17.9 Å². The molecule has 0 aliphatic heterocycles. The molecule has 2 N–H and O–H groups in total. The number of aryl methyl sites for hydroxylation is 2. The zero-order valence-electron chi connectivity index (χ0n) is 12.5. The molecule has 0 aromatic heterocycles. The fourth-order valence-corrected chi connectivity index (χ4v) is 2.66. The Morgan fingerprint density at radius 2 is 1.85 bits per heavy atom. The standard InChI is InChI=1S/C14H23NO4S/c1-10(2)9-18-5-6-19-14-12(4)7-11(3)8-13(14)20(15,16)17/h7-8,10H,5-6,9H2,1-4H3,(H2,15,16,17). The van der Waals surface area contributed by atoms with Gasteiger partial charge in [0.25, 0.3) is 0 Å². The molecule has 1 aromatic rings. The maximum atomic E-state index is 11.6. The Bertz CT molecular complexity index is 553. The van der Waals surface area contributed by atoms with Crippen LogP contribution in [0.15, 0.2) is 17.0 Å². The molecule has 6 heteroatoms. The van der Waals surface area contributed by atoms with E-state index in [0.29, 0.717) is 31.5 Å². The van der Waals surface area contributed by atoms with E-state index in [0.717, 1.165) is 11.1 Å². The molecule has 0 unspecified atom stereocenters. The van der Waals surface area contributed by atoms with E-state index in [2.05, 4.69) is 13.8 Å². The van der Waals surface area contributed by atoms with Gasteiger partial charge in [-0.15, -0.1) is 0 Å². The molecule has 0 bridgehead atoms. The second-order valence-corrected chi connectivity index (χ2v) is 6.80. The number of benzene rings is 1. The highest BCUT2D eigenvalue weighted by Gasteiger charge is 2.18. The van der Waals surface area contributed by atoms with Gasteiger partial charge in [-0.25, -0.2) is 13.6 Å². The molecule has 0 spiro atoms. The molecule has 0 fully saturated rings. The normalized spacial score (nSPS) is 11.9. The maximum absolute atomic E-state index is 11.6. The van der Waals surface area contributed by atoms with E-state index in [9.17, 15) is 8.42 Å². The van der Waals surface area contributed by atoms with Gasteiger partial charge >= 0.3 is 0 Å². The first-order valence-corrected chi connectivity index (χ1v) is 8.11. The molecule has 114 valence electrons. The molecule has 0 saturated carbocycles. The van der Waals surface area contributed by atoms with Gasteiger partial charge in [0.15, 0.2) is 0 Å². The van der Waals surface area contributed by atoms with Gasteiger partial charge in [-0.2, -0.15) is 0 Å². The van der Waals surface area contributed by atoms with Gasteiger partial charge in [0.1, 0.15) is 17.3 Å². The molecule has 0 atom stereocenters. The van der Waals surface area contributed by atoms with Crippen molar-refractivity contribution >= 4 is 10.0 Å². The summed E-state index contributed by atoms with van der Waals surface area (Å²) in [7, 11) is -3.80. The molecular formula is C14H23NO4S. The van der Waals surface area contributed by atoms with Crippen molar-refractivity contribution in [2.75, 3.05) is 19.8 Å². The minimum atomic E-state index is -3.80. The highest BCUT2D eigenvalue weighted by atomic mass is 32.2. The van der Waals surface area contributed by atoms with E-state index in [1.807, 2.05) is 13.0 Å². The zero-order valence-corrected chi connectivity index (χ0v) is 13.3. The number of sulfonamides is 1. The molecule has 0 amide bonds. The number of hydrogen-bond acceptors (Lipinski definition) is 4. The van der Waals surface area contributed by atoms with Crippen LogP contribution in [0.2, 0.25) is 0 Å². The van der Waals surface area contributed by atoms with Crippen LogP contribution in [-0.2, 0) is 14.8 Å². The fraction of sp³-hybridized carbons (Fsp3) is 0.571. The molecule has 0 aliphatic carbocycles. The first-order chi connectivity index (χ1) is 9.21. The minimum absolute atomic E-state index is 0.0267. The number of hydrogen-bond donors (Lipinski definition) is 1. The molecule has 0 radical (unpaired) electrons. The third-order valence-electron chi connectivity index (χ3n) is 2.62. The van der Waals surface area contributed by atoms with E-state index in [1.165, 1.54) is 6.07 Å². The summed E-state index contributed by atoms with van der Waals surface area (Å²) in [4.78, 5) is 0.0267. The molecule has 5 nitrogen and oxygen atoms in total. The van der Waals surface area contributed by atoms with Crippen LogP contribution >= 0.6 is 0 Å². The topological polar surface area (TPSA) is 78.6 Å². The predicted molar refractivity (Wildman–Crippen MR) is 78.4 cm³/mol. The van der Waals surface area contributed by atoms with E-state index in [1.54, 1.807) is 6.92 Å². The molecule has 20 heavy (non-hydrogen) atoms.